The molecule has 9 heteroatoms. The van der Waals surface area contributed by atoms with E-state index in [9.17, 15) is 9.59 Å². The fourth-order valence-electron chi connectivity index (χ4n) is 3.50. The SMILES string of the molecule is Cn1ccnc1SCC(=O)Nc1ccc(C(=O)Nc2ccc(N3CCCCC3)nc2)cc1. The van der Waals surface area contributed by atoms with Crippen LogP contribution in [0.2, 0.25) is 0 Å². The van der Waals surface area contributed by atoms with Crippen molar-refractivity contribution in [3.05, 3.63) is 60.6 Å². The van der Waals surface area contributed by atoms with Gasteiger partial charge in [-0.15, -0.1) is 0 Å². The van der Waals surface area contributed by atoms with Crippen molar-refractivity contribution in [1.29, 1.82) is 0 Å². The molecule has 1 fully saturated rings. The fourth-order valence-corrected chi connectivity index (χ4v) is 4.23. The number of imidazole rings is 1. The molecule has 1 aromatic carbocycles. The highest BCUT2D eigenvalue weighted by Crippen LogP contribution is 2.20. The molecule has 2 N–H and O–H groups in total. The van der Waals surface area contributed by atoms with Crippen LogP contribution in [-0.2, 0) is 11.8 Å². The number of carbonyl (C=O) groups is 2. The summed E-state index contributed by atoms with van der Waals surface area (Å²) in [4.78, 5) is 35.7. The third kappa shape index (κ3) is 5.67. The van der Waals surface area contributed by atoms with Gasteiger partial charge in [-0.2, -0.15) is 0 Å². The Morgan fingerprint density at radius 1 is 0.969 bits per heavy atom. The van der Waals surface area contributed by atoms with E-state index in [0.29, 0.717) is 16.9 Å². The van der Waals surface area contributed by atoms with E-state index in [0.717, 1.165) is 24.1 Å². The highest BCUT2D eigenvalue weighted by molar-refractivity contribution is 7.99. The Morgan fingerprint density at radius 2 is 1.72 bits per heavy atom. The normalized spacial score (nSPS) is 13.6. The number of rotatable bonds is 7. The topological polar surface area (TPSA) is 92.1 Å². The molecule has 0 bridgehead atoms. The fraction of sp³-hybridized carbons (Fsp3) is 0.304. The summed E-state index contributed by atoms with van der Waals surface area (Å²) >= 11 is 1.37. The zero-order valence-corrected chi connectivity index (χ0v) is 18.8. The molecular weight excluding hydrogens is 424 g/mol. The van der Waals surface area contributed by atoms with Crippen molar-refractivity contribution in [2.45, 2.75) is 24.4 Å². The highest BCUT2D eigenvalue weighted by Gasteiger charge is 2.13. The van der Waals surface area contributed by atoms with Gasteiger partial charge in [0.25, 0.3) is 5.91 Å². The number of thioether (sulfide) groups is 1. The summed E-state index contributed by atoms with van der Waals surface area (Å²) in [6.45, 7) is 2.06. The molecule has 8 nitrogen and oxygen atoms in total. The number of benzene rings is 1. The van der Waals surface area contributed by atoms with Gasteiger partial charge in [0.05, 0.1) is 17.6 Å². The smallest absolute Gasteiger partial charge is 0.255 e. The summed E-state index contributed by atoms with van der Waals surface area (Å²) in [5, 5.41) is 6.49. The molecule has 0 unspecified atom stereocenters. The van der Waals surface area contributed by atoms with Crippen LogP contribution in [0.25, 0.3) is 0 Å². The van der Waals surface area contributed by atoms with Crippen LogP contribution >= 0.6 is 11.8 Å². The van der Waals surface area contributed by atoms with Crippen LogP contribution < -0.4 is 15.5 Å². The number of nitrogens with zero attached hydrogens (tertiary/aromatic N) is 4. The predicted octanol–water partition coefficient (Wildman–Crippen LogP) is 3.79. The second kappa shape index (κ2) is 10.3. The molecule has 1 aliphatic heterocycles. The number of aryl methyl sites for hydroxylation is 1. The summed E-state index contributed by atoms with van der Waals surface area (Å²) in [7, 11) is 1.89. The minimum absolute atomic E-state index is 0.130. The monoisotopic (exact) mass is 450 g/mol. The number of hydrogen-bond acceptors (Lipinski definition) is 6. The molecule has 0 aliphatic carbocycles. The van der Waals surface area contributed by atoms with Crippen molar-refractivity contribution in [3.8, 4) is 0 Å². The van der Waals surface area contributed by atoms with Gasteiger partial charge in [0.1, 0.15) is 5.82 Å². The first-order chi connectivity index (χ1) is 15.6. The lowest BCUT2D eigenvalue weighted by Crippen LogP contribution is -2.30. The van der Waals surface area contributed by atoms with Crippen LogP contribution in [0.5, 0.6) is 0 Å². The van der Waals surface area contributed by atoms with Gasteiger partial charge >= 0.3 is 0 Å². The standard InChI is InChI=1S/C23H26N6O2S/c1-28-14-11-24-23(28)32-16-21(30)26-18-7-5-17(6-8-18)22(31)27-19-9-10-20(25-15-19)29-12-3-2-4-13-29/h5-11,14-15H,2-4,12-13,16H2,1H3,(H,26,30)(H,27,31). The first-order valence-corrected chi connectivity index (χ1v) is 11.6. The predicted molar refractivity (Wildman–Crippen MR) is 127 cm³/mol. The minimum atomic E-state index is -0.222. The van der Waals surface area contributed by atoms with Crippen molar-refractivity contribution < 1.29 is 9.59 Å². The number of nitrogens with one attached hydrogen (secondary N) is 2. The maximum atomic E-state index is 12.6. The van der Waals surface area contributed by atoms with Gasteiger partial charge in [0.15, 0.2) is 5.16 Å². The average Bonchev–Trinajstić information content (AvgIpc) is 3.24. The number of carbonyl (C=O) groups excluding carboxylic acids is 2. The quantitative estimate of drug-likeness (QED) is 0.532. The number of aromatic nitrogens is 3. The Bertz CT molecular complexity index is 1060. The summed E-state index contributed by atoms with van der Waals surface area (Å²) < 4.78 is 1.86. The minimum Gasteiger partial charge on any atom is -0.357 e. The zero-order chi connectivity index (χ0) is 22.3. The van der Waals surface area contributed by atoms with E-state index >= 15 is 0 Å². The molecular formula is C23H26N6O2S. The summed E-state index contributed by atoms with van der Waals surface area (Å²) in [5.41, 5.74) is 1.80. The van der Waals surface area contributed by atoms with E-state index in [1.54, 1.807) is 36.7 Å². The molecule has 3 aromatic rings. The Labute approximate surface area is 191 Å². The molecule has 0 radical (unpaired) electrons. The second-order valence-electron chi connectivity index (χ2n) is 7.64. The Balaban J connectivity index is 1.28. The molecule has 0 spiro atoms. The molecule has 2 aromatic heterocycles. The largest absolute Gasteiger partial charge is 0.357 e. The lowest BCUT2D eigenvalue weighted by Gasteiger charge is -2.27. The molecule has 0 atom stereocenters. The van der Waals surface area contributed by atoms with Gasteiger partial charge < -0.3 is 20.1 Å². The number of hydrogen-bond donors (Lipinski definition) is 2. The third-order valence-electron chi connectivity index (χ3n) is 5.23. The molecule has 1 aliphatic rings. The van der Waals surface area contributed by atoms with Gasteiger partial charge in [0.2, 0.25) is 5.91 Å². The van der Waals surface area contributed by atoms with Crippen LogP contribution in [0.15, 0.2) is 60.1 Å². The molecule has 3 heterocycles. The van der Waals surface area contributed by atoms with Crippen molar-refractivity contribution in [2.75, 3.05) is 34.4 Å². The van der Waals surface area contributed by atoms with Gasteiger partial charge in [-0.25, -0.2) is 9.97 Å². The van der Waals surface area contributed by atoms with Gasteiger partial charge in [-0.05, 0) is 55.7 Å². The van der Waals surface area contributed by atoms with E-state index < -0.39 is 0 Å². The summed E-state index contributed by atoms with van der Waals surface area (Å²) in [5.74, 6) is 0.854. The Kier molecular flexibility index (Phi) is 7.06. The van der Waals surface area contributed by atoms with E-state index in [1.807, 2.05) is 29.9 Å². The number of anilines is 3. The zero-order valence-electron chi connectivity index (χ0n) is 18.0. The maximum absolute atomic E-state index is 12.6. The van der Waals surface area contributed by atoms with Crippen molar-refractivity contribution in [2.24, 2.45) is 7.05 Å². The van der Waals surface area contributed by atoms with Crippen molar-refractivity contribution in [3.63, 3.8) is 0 Å². The Hall–Kier alpha value is -3.33. The lowest BCUT2D eigenvalue weighted by atomic mass is 10.1. The van der Waals surface area contributed by atoms with E-state index in [4.69, 9.17) is 0 Å². The molecule has 166 valence electrons. The number of pyridine rings is 1. The van der Waals surface area contributed by atoms with E-state index in [-0.39, 0.29) is 17.6 Å². The molecule has 2 amide bonds. The highest BCUT2D eigenvalue weighted by atomic mass is 32.2. The van der Waals surface area contributed by atoms with Gasteiger partial charge in [-0.3, -0.25) is 9.59 Å². The van der Waals surface area contributed by atoms with Crippen LogP contribution in [0, 0.1) is 0 Å². The van der Waals surface area contributed by atoms with Gasteiger partial charge in [0, 0.05) is 43.8 Å². The van der Waals surface area contributed by atoms with Crippen LogP contribution in [0.3, 0.4) is 0 Å². The van der Waals surface area contributed by atoms with Crippen LogP contribution in [0.4, 0.5) is 17.2 Å². The van der Waals surface area contributed by atoms with Gasteiger partial charge in [-0.1, -0.05) is 11.8 Å². The maximum Gasteiger partial charge on any atom is 0.255 e. The Morgan fingerprint density at radius 3 is 2.38 bits per heavy atom. The van der Waals surface area contributed by atoms with Crippen molar-refractivity contribution >= 4 is 40.8 Å². The second-order valence-corrected chi connectivity index (χ2v) is 8.58. The first-order valence-electron chi connectivity index (χ1n) is 10.6. The van der Waals surface area contributed by atoms with Crippen molar-refractivity contribution in [1.82, 2.24) is 14.5 Å². The molecule has 1 saturated heterocycles. The van der Waals surface area contributed by atoms with Crippen LogP contribution in [0.1, 0.15) is 29.6 Å². The lowest BCUT2D eigenvalue weighted by molar-refractivity contribution is -0.113. The van der Waals surface area contributed by atoms with E-state index in [1.165, 1.54) is 31.0 Å². The van der Waals surface area contributed by atoms with Crippen LogP contribution in [-0.4, -0.2) is 45.2 Å². The average molecular weight is 451 g/mol. The summed E-state index contributed by atoms with van der Waals surface area (Å²) in [6, 6.07) is 10.6. The van der Waals surface area contributed by atoms with E-state index in [2.05, 4.69) is 25.5 Å². The molecule has 0 saturated carbocycles. The third-order valence-corrected chi connectivity index (χ3v) is 6.28. The molecule has 4 rings (SSSR count). The number of piperidine rings is 1. The first kappa shape index (κ1) is 21.9. The summed E-state index contributed by atoms with van der Waals surface area (Å²) in [6.07, 6.45) is 8.89. The number of amides is 2. The molecule has 32 heavy (non-hydrogen) atoms.